The van der Waals surface area contributed by atoms with Gasteiger partial charge in [0.2, 0.25) is 5.91 Å². The number of halogens is 1. The van der Waals surface area contributed by atoms with E-state index in [1.165, 1.54) is 11.0 Å². The van der Waals surface area contributed by atoms with Gasteiger partial charge in [-0.05, 0) is 48.2 Å². The molecule has 2 N–H and O–H groups in total. The van der Waals surface area contributed by atoms with E-state index in [0.29, 0.717) is 40.4 Å². The number of para-hydroxylation sites is 1. The fourth-order valence-electron chi connectivity index (χ4n) is 6.54. The van der Waals surface area contributed by atoms with Gasteiger partial charge in [-0.2, -0.15) is 5.26 Å². The Morgan fingerprint density at radius 2 is 1.68 bits per heavy atom. The molecule has 1 atom stereocenters. The third-order valence-corrected chi connectivity index (χ3v) is 8.26. The number of methoxy groups -OCH3 is 1. The number of benzene rings is 3. The van der Waals surface area contributed by atoms with Crippen LogP contribution in [0.1, 0.15) is 37.8 Å². The van der Waals surface area contributed by atoms with Crippen LogP contribution >= 0.6 is 0 Å². The van der Waals surface area contributed by atoms with Crippen LogP contribution in [0.25, 0.3) is 0 Å². The Balaban J connectivity index is 1.64. The molecule has 1 amide bonds. The maximum Gasteiger partial charge on any atom is 0.248 e. The number of anilines is 2. The van der Waals surface area contributed by atoms with Gasteiger partial charge in [-0.15, -0.1) is 0 Å². The van der Waals surface area contributed by atoms with Gasteiger partial charge in [-0.3, -0.25) is 14.5 Å². The van der Waals surface area contributed by atoms with Crippen molar-refractivity contribution < 1.29 is 18.7 Å². The standard InChI is InChI=1S/C33H29FN4O3/c1-32(2)16-27-29(28(39)17-32)33(24(18-35)30(36)38(27)21-12-14-22(41-3)15-13-21)23-9-5-7-11-26(23)37(31(33)40)19-20-8-4-6-10-25(20)34/h4-15H,16-17,19,36H2,1-3H3. The van der Waals surface area contributed by atoms with Crippen molar-refractivity contribution in [2.75, 3.05) is 16.9 Å². The van der Waals surface area contributed by atoms with Crippen LogP contribution in [0.5, 0.6) is 5.75 Å². The average molecular weight is 549 g/mol. The number of nitrogens with zero attached hydrogens (tertiary/aromatic N) is 3. The lowest BCUT2D eigenvalue weighted by molar-refractivity contribution is -0.125. The number of hydrogen-bond acceptors (Lipinski definition) is 6. The molecule has 41 heavy (non-hydrogen) atoms. The molecule has 0 aromatic heterocycles. The Morgan fingerprint density at radius 3 is 2.37 bits per heavy atom. The van der Waals surface area contributed by atoms with Gasteiger partial charge in [-0.1, -0.05) is 50.2 Å². The molecule has 2 heterocycles. The Hall–Kier alpha value is -4.90. The summed E-state index contributed by atoms with van der Waals surface area (Å²) in [6, 6.07) is 22.8. The number of rotatable bonds is 4. The molecule has 0 radical (unpaired) electrons. The van der Waals surface area contributed by atoms with Crippen molar-refractivity contribution in [3.05, 3.63) is 112 Å². The second-order valence-corrected chi connectivity index (χ2v) is 11.4. The topological polar surface area (TPSA) is 99.7 Å². The van der Waals surface area contributed by atoms with Crippen LogP contribution in [0.15, 0.2) is 95.5 Å². The largest absolute Gasteiger partial charge is 0.497 e. The molecule has 0 fully saturated rings. The molecule has 1 aliphatic carbocycles. The number of allylic oxidation sites excluding steroid dienone is 1. The lowest BCUT2D eigenvalue weighted by Crippen LogP contribution is -2.53. The van der Waals surface area contributed by atoms with Crippen molar-refractivity contribution in [2.45, 2.75) is 38.6 Å². The maximum absolute atomic E-state index is 14.8. The number of nitriles is 1. The van der Waals surface area contributed by atoms with E-state index >= 15 is 0 Å². The van der Waals surface area contributed by atoms with Gasteiger partial charge in [-0.25, -0.2) is 4.39 Å². The number of ketones is 1. The van der Waals surface area contributed by atoms with E-state index in [-0.39, 0.29) is 35.7 Å². The number of amides is 1. The van der Waals surface area contributed by atoms with E-state index in [2.05, 4.69) is 6.07 Å². The van der Waals surface area contributed by atoms with Crippen LogP contribution in [-0.2, 0) is 21.5 Å². The lowest BCUT2D eigenvalue weighted by atomic mass is 9.60. The van der Waals surface area contributed by atoms with E-state index in [0.717, 1.165) is 0 Å². The maximum atomic E-state index is 14.8. The van der Waals surface area contributed by atoms with Crippen LogP contribution in [0, 0.1) is 22.6 Å². The molecule has 7 nitrogen and oxygen atoms in total. The lowest BCUT2D eigenvalue weighted by Gasteiger charge is -2.47. The van der Waals surface area contributed by atoms with E-state index in [1.807, 2.05) is 26.0 Å². The second-order valence-electron chi connectivity index (χ2n) is 11.4. The number of carbonyl (C=O) groups excluding carboxylic acids is 2. The highest BCUT2D eigenvalue weighted by molar-refractivity contribution is 6.20. The van der Waals surface area contributed by atoms with Gasteiger partial charge in [0, 0.05) is 40.2 Å². The molecule has 1 spiro atoms. The number of ether oxygens (including phenoxy) is 1. The highest BCUT2D eigenvalue weighted by atomic mass is 19.1. The normalized spacial score (nSPS) is 21.2. The summed E-state index contributed by atoms with van der Waals surface area (Å²) in [6.45, 7) is 3.94. The van der Waals surface area contributed by atoms with E-state index < -0.39 is 22.6 Å². The summed E-state index contributed by atoms with van der Waals surface area (Å²) >= 11 is 0. The molecule has 3 aromatic carbocycles. The molecule has 1 unspecified atom stereocenters. The highest BCUT2D eigenvalue weighted by Gasteiger charge is 2.63. The molecular formula is C33H29FN4O3. The number of nitrogens with two attached hydrogens (primary N) is 1. The van der Waals surface area contributed by atoms with Crippen molar-refractivity contribution in [3.63, 3.8) is 0 Å². The molecule has 0 saturated heterocycles. The second kappa shape index (κ2) is 9.34. The fourth-order valence-corrected chi connectivity index (χ4v) is 6.54. The van der Waals surface area contributed by atoms with Crippen molar-refractivity contribution in [3.8, 4) is 11.8 Å². The van der Waals surface area contributed by atoms with Gasteiger partial charge in [0.25, 0.3) is 0 Å². The number of Topliss-reactive ketones (excluding diaryl/α,β-unsaturated/α-hetero) is 1. The molecule has 6 rings (SSSR count). The SMILES string of the molecule is COc1ccc(N2C(N)=C(C#N)C3(C(=O)N(Cc4ccccc4F)c4ccccc43)C3=C2CC(C)(C)CC3=O)cc1. The summed E-state index contributed by atoms with van der Waals surface area (Å²) in [7, 11) is 1.57. The third-order valence-electron chi connectivity index (χ3n) is 8.26. The van der Waals surface area contributed by atoms with Crippen LogP contribution in [0.2, 0.25) is 0 Å². The van der Waals surface area contributed by atoms with E-state index in [9.17, 15) is 19.2 Å². The van der Waals surface area contributed by atoms with Gasteiger partial charge < -0.3 is 15.4 Å². The molecule has 206 valence electrons. The molecule has 8 heteroatoms. The van der Waals surface area contributed by atoms with Crippen LogP contribution in [-0.4, -0.2) is 18.8 Å². The van der Waals surface area contributed by atoms with Crippen molar-refractivity contribution in [1.29, 1.82) is 5.26 Å². The molecule has 2 aliphatic heterocycles. The van der Waals surface area contributed by atoms with Crippen molar-refractivity contribution in [1.82, 2.24) is 0 Å². The zero-order chi connectivity index (χ0) is 29.1. The fraction of sp³-hybridized carbons (Fsp3) is 0.242. The van der Waals surface area contributed by atoms with Gasteiger partial charge in [0.05, 0.1) is 19.2 Å². The molecule has 0 saturated carbocycles. The number of fused-ring (bicyclic) bond motifs is 3. The summed E-state index contributed by atoms with van der Waals surface area (Å²) in [5, 5.41) is 10.7. The van der Waals surface area contributed by atoms with E-state index in [1.54, 1.807) is 66.6 Å². The van der Waals surface area contributed by atoms with Crippen LogP contribution < -0.4 is 20.3 Å². The van der Waals surface area contributed by atoms with Crippen molar-refractivity contribution in [2.24, 2.45) is 11.1 Å². The average Bonchev–Trinajstić information content (AvgIpc) is 3.17. The van der Waals surface area contributed by atoms with Crippen LogP contribution in [0.3, 0.4) is 0 Å². The zero-order valence-electron chi connectivity index (χ0n) is 23.1. The first-order valence-electron chi connectivity index (χ1n) is 13.4. The number of carbonyl (C=O) groups is 2. The summed E-state index contributed by atoms with van der Waals surface area (Å²) in [5.41, 5.74) is 7.49. The van der Waals surface area contributed by atoms with Gasteiger partial charge in [0.1, 0.15) is 28.9 Å². The third kappa shape index (κ3) is 3.76. The first-order valence-corrected chi connectivity index (χ1v) is 13.4. The number of hydrogen-bond donors (Lipinski definition) is 1. The Kier molecular flexibility index (Phi) is 6.00. The summed E-state index contributed by atoms with van der Waals surface area (Å²) < 4.78 is 20.1. The van der Waals surface area contributed by atoms with Crippen LogP contribution in [0.4, 0.5) is 15.8 Å². The Bertz CT molecular complexity index is 1720. The summed E-state index contributed by atoms with van der Waals surface area (Å²) in [5.74, 6) is -0.428. The van der Waals surface area contributed by atoms with Crippen molar-refractivity contribution >= 4 is 23.1 Å². The molecular weight excluding hydrogens is 519 g/mol. The van der Waals surface area contributed by atoms with E-state index in [4.69, 9.17) is 10.5 Å². The molecule has 3 aliphatic rings. The summed E-state index contributed by atoms with van der Waals surface area (Å²) in [4.78, 5) is 32.2. The first-order chi connectivity index (χ1) is 19.6. The quantitative estimate of drug-likeness (QED) is 0.464. The Morgan fingerprint density at radius 1 is 1.00 bits per heavy atom. The van der Waals surface area contributed by atoms with Gasteiger partial charge in [0.15, 0.2) is 5.78 Å². The minimum atomic E-state index is -1.74. The highest BCUT2D eigenvalue weighted by Crippen LogP contribution is 2.58. The zero-order valence-corrected chi connectivity index (χ0v) is 23.1. The summed E-state index contributed by atoms with van der Waals surface area (Å²) in [6.07, 6.45) is 0.648. The smallest absolute Gasteiger partial charge is 0.248 e. The van der Waals surface area contributed by atoms with Gasteiger partial charge >= 0.3 is 0 Å². The first kappa shape index (κ1) is 26.3. The molecule has 0 bridgehead atoms. The minimum Gasteiger partial charge on any atom is -0.497 e. The molecule has 3 aromatic rings. The Labute approximate surface area is 237 Å². The predicted molar refractivity (Wildman–Crippen MR) is 153 cm³/mol. The predicted octanol–water partition coefficient (Wildman–Crippen LogP) is 5.48. The monoisotopic (exact) mass is 548 g/mol. The minimum absolute atomic E-state index is 0.0198.